The zero-order valence-corrected chi connectivity index (χ0v) is 21.7. The molecular weight excluding hydrogens is 502 g/mol. The molecule has 0 aliphatic heterocycles. The lowest BCUT2D eigenvalue weighted by atomic mass is 9.60. The van der Waals surface area contributed by atoms with Gasteiger partial charge in [0, 0.05) is 41.8 Å². The summed E-state index contributed by atoms with van der Waals surface area (Å²) in [6.45, 7) is 5.04. The van der Waals surface area contributed by atoms with Gasteiger partial charge in [0.1, 0.15) is 22.8 Å². The Balaban J connectivity index is 1.68. The van der Waals surface area contributed by atoms with Crippen molar-refractivity contribution >= 4 is 17.5 Å². The van der Waals surface area contributed by atoms with Crippen molar-refractivity contribution in [3.8, 4) is 17.0 Å². The quantitative estimate of drug-likeness (QED) is 0.304. The molecule has 0 saturated carbocycles. The first-order valence-electron chi connectivity index (χ1n) is 12.9. The molecule has 3 aliphatic carbocycles. The van der Waals surface area contributed by atoms with E-state index in [1.165, 1.54) is 0 Å². The van der Waals surface area contributed by atoms with Gasteiger partial charge in [-0.25, -0.2) is 0 Å². The molecule has 1 amide bonds. The minimum absolute atomic E-state index is 0.0175. The van der Waals surface area contributed by atoms with E-state index < -0.39 is 52.0 Å². The maximum Gasteiger partial charge on any atom is 0.255 e. The number of aromatic hydroxyl groups is 1. The number of rotatable bonds is 6. The van der Waals surface area contributed by atoms with Crippen LogP contribution in [0.15, 0.2) is 53.1 Å². The number of benzene rings is 1. The number of phenolic OH excluding ortho intramolecular Hbond substituents is 1. The number of hydrogen-bond acceptors (Lipinski definition) is 9. The summed E-state index contributed by atoms with van der Waals surface area (Å²) >= 11 is 0. The first-order chi connectivity index (χ1) is 18.5. The first-order valence-corrected chi connectivity index (χ1v) is 12.9. The van der Waals surface area contributed by atoms with Gasteiger partial charge >= 0.3 is 0 Å². The Morgan fingerprint density at radius 3 is 2.59 bits per heavy atom. The maximum absolute atomic E-state index is 14.0. The Morgan fingerprint density at radius 1 is 1.21 bits per heavy atom. The molecule has 204 valence electrons. The summed E-state index contributed by atoms with van der Waals surface area (Å²) in [4.78, 5) is 43.5. The highest BCUT2D eigenvalue weighted by atomic mass is 16.3. The van der Waals surface area contributed by atoms with E-state index in [4.69, 9.17) is 5.73 Å². The van der Waals surface area contributed by atoms with E-state index in [0.29, 0.717) is 34.8 Å². The van der Waals surface area contributed by atoms with Crippen LogP contribution in [0, 0.1) is 17.8 Å². The molecule has 10 nitrogen and oxygen atoms in total. The van der Waals surface area contributed by atoms with Gasteiger partial charge in [-0.3, -0.25) is 19.4 Å². The molecule has 3 aliphatic rings. The Labute approximate surface area is 224 Å². The summed E-state index contributed by atoms with van der Waals surface area (Å²) < 4.78 is 0. The van der Waals surface area contributed by atoms with E-state index >= 15 is 0 Å². The predicted octanol–water partition coefficient (Wildman–Crippen LogP) is 2.39. The third-order valence-corrected chi connectivity index (χ3v) is 7.95. The average Bonchev–Trinajstić information content (AvgIpc) is 2.87. The molecule has 5 rings (SSSR count). The van der Waals surface area contributed by atoms with Crippen LogP contribution in [-0.2, 0) is 22.6 Å². The van der Waals surface area contributed by atoms with Crippen molar-refractivity contribution < 1.29 is 34.8 Å². The molecule has 3 atom stereocenters. The third kappa shape index (κ3) is 4.11. The molecular formula is C29H31N3O7. The summed E-state index contributed by atoms with van der Waals surface area (Å²) in [5, 5.41) is 47.7. The summed E-state index contributed by atoms with van der Waals surface area (Å²) in [5.74, 6) is -6.09. The molecule has 1 aromatic heterocycles. The normalized spacial score (nSPS) is 24.5. The fourth-order valence-electron chi connectivity index (χ4n) is 6.12. The van der Waals surface area contributed by atoms with Crippen LogP contribution < -0.4 is 11.1 Å². The second-order valence-electron chi connectivity index (χ2n) is 10.9. The molecule has 0 saturated heterocycles. The number of amides is 1. The van der Waals surface area contributed by atoms with Crippen molar-refractivity contribution in [2.45, 2.75) is 45.3 Å². The summed E-state index contributed by atoms with van der Waals surface area (Å²) in [7, 11) is 0. The number of Topliss-reactive ketones (excluding diaryl/α,β-unsaturated/α-hetero) is 2. The van der Waals surface area contributed by atoms with Crippen LogP contribution in [-0.4, -0.2) is 55.0 Å². The number of nitrogens with two attached hydrogens (primary N) is 1. The maximum atomic E-state index is 14.0. The molecule has 1 aromatic carbocycles. The highest BCUT2D eigenvalue weighted by molar-refractivity contribution is 6.24. The van der Waals surface area contributed by atoms with Gasteiger partial charge < -0.3 is 31.5 Å². The van der Waals surface area contributed by atoms with E-state index in [2.05, 4.69) is 10.3 Å². The van der Waals surface area contributed by atoms with Gasteiger partial charge in [-0.1, -0.05) is 19.9 Å². The summed E-state index contributed by atoms with van der Waals surface area (Å²) in [6.07, 6.45) is 1.65. The number of aliphatic hydroxyl groups excluding tert-OH is 2. The zero-order chi connectivity index (χ0) is 28.2. The molecule has 0 spiro atoms. The van der Waals surface area contributed by atoms with Crippen LogP contribution in [0.25, 0.3) is 11.3 Å². The SMILES string of the molecule is CC(C)CNCc1cc(-c2ccccn2)c2c(c1O)C(=O)C1=C(O)[C@]3(O)C(=O)C(C(N)=O)=C(O)C[C@@H]3C[C@@H]1C2. The minimum atomic E-state index is -2.59. The van der Waals surface area contributed by atoms with Crippen molar-refractivity contribution in [1.82, 2.24) is 10.3 Å². The van der Waals surface area contributed by atoms with Gasteiger partial charge in [-0.15, -0.1) is 0 Å². The largest absolute Gasteiger partial charge is 0.511 e. The molecule has 2 aromatic rings. The molecule has 1 heterocycles. The van der Waals surface area contributed by atoms with Crippen LogP contribution in [0.1, 0.15) is 48.2 Å². The van der Waals surface area contributed by atoms with E-state index in [1.54, 1.807) is 18.3 Å². The lowest BCUT2D eigenvalue weighted by Crippen LogP contribution is -2.57. The van der Waals surface area contributed by atoms with E-state index in [1.807, 2.05) is 26.0 Å². The number of nitrogens with zero attached hydrogens (tertiary/aromatic N) is 1. The van der Waals surface area contributed by atoms with Gasteiger partial charge in [-0.05, 0) is 55.0 Å². The molecule has 0 radical (unpaired) electrons. The molecule has 39 heavy (non-hydrogen) atoms. The smallest absolute Gasteiger partial charge is 0.255 e. The van der Waals surface area contributed by atoms with Crippen LogP contribution >= 0.6 is 0 Å². The Morgan fingerprint density at radius 2 is 1.95 bits per heavy atom. The van der Waals surface area contributed by atoms with Crippen molar-refractivity contribution in [3.05, 3.63) is 69.8 Å². The third-order valence-electron chi connectivity index (χ3n) is 7.95. The number of primary amides is 1. The van der Waals surface area contributed by atoms with E-state index in [0.717, 1.165) is 0 Å². The molecule has 0 unspecified atom stereocenters. The second-order valence-corrected chi connectivity index (χ2v) is 10.9. The van der Waals surface area contributed by atoms with Crippen LogP contribution in [0.4, 0.5) is 0 Å². The number of carbonyl (C=O) groups excluding carboxylic acids is 3. The Kier molecular flexibility index (Phi) is 6.56. The first kappa shape index (κ1) is 26.6. The van der Waals surface area contributed by atoms with Crippen LogP contribution in [0.5, 0.6) is 5.75 Å². The number of carbonyl (C=O) groups is 3. The fourth-order valence-corrected chi connectivity index (χ4v) is 6.12. The number of allylic oxidation sites excluding steroid dienone is 2. The number of aromatic nitrogens is 1. The summed E-state index contributed by atoms with van der Waals surface area (Å²) in [5.41, 5.74) is 3.97. The van der Waals surface area contributed by atoms with Gasteiger partial charge in [0.15, 0.2) is 11.4 Å². The lowest BCUT2D eigenvalue weighted by Gasteiger charge is -2.45. The number of ketones is 2. The molecule has 0 fully saturated rings. The van der Waals surface area contributed by atoms with Crippen LogP contribution in [0.3, 0.4) is 0 Å². The average molecular weight is 534 g/mol. The number of hydrogen-bond donors (Lipinski definition) is 6. The number of fused-ring (bicyclic) bond motifs is 3. The fraction of sp³-hybridized carbons (Fsp3) is 0.379. The standard InChI is InChI=1S/C29H31N3O7/c1-13(2)11-31-12-15-9-17(19-5-3-4-6-32-19)18-8-14-7-16-10-20(33)23(28(30)38)27(37)29(16,39)26(36)21(14)25(35)22(18)24(15)34/h3-6,9,13-14,16,31,33-34,36,39H,7-8,10-12H2,1-2H3,(H2,30,38)/t14-,16+,29+/m1/s1. The molecule has 7 N–H and O–H groups in total. The monoisotopic (exact) mass is 533 g/mol. The van der Waals surface area contributed by atoms with Gasteiger partial charge in [0.05, 0.1) is 11.3 Å². The summed E-state index contributed by atoms with van der Waals surface area (Å²) in [6, 6.07) is 7.20. The number of phenols is 1. The second kappa shape index (κ2) is 9.62. The highest BCUT2D eigenvalue weighted by Crippen LogP contribution is 2.52. The van der Waals surface area contributed by atoms with Gasteiger partial charge in [-0.2, -0.15) is 0 Å². The number of aliphatic hydroxyl groups is 3. The predicted molar refractivity (Wildman–Crippen MR) is 141 cm³/mol. The van der Waals surface area contributed by atoms with Gasteiger partial charge in [0.25, 0.3) is 5.91 Å². The lowest BCUT2D eigenvalue weighted by molar-refractivity contribution is -0.144. The van der Waals surface area contributed by atoms with Gasteiger partial charge in [0.2, 0.25) is 5.78 Å². The van der Waals surface area contributed by atoms with Crippen molar-refractivity contribution in [1.29, 1.82) is 0 Å². The minimum Gasteiger partial charge on any atom is -0.511 e. The van der Waals surface area contributed by atoms with Crippen molar-refractivity contribution in [2.75, 3.05) is 6.54 Å². The van der Waals surface area contributed by atoms with E-state index in [9.17, 15) is 34.8 Å². The highest BCUT2D eigenvalue weighted by Gasteiger charge is 2.59. The van der Waals surface area contributed by atoms with E-state index in [-0.39, 0.29) is 42.7 Å². The van der Waals surface area contributed by atoms with Crippen LogP contribution in [0.2, 0.25) is 0 Å². The zero-order valence-electron chi connectivity index (χ0n) is 21.7. The number of nitrogens with one attached hydrogen (secondary N) is 1. The van der Waals surface area contributed by atoms with Crippen molar-refractivity contribution in [3.63, 3.8) is 0 Å². The Hall–Kier alpha value is -4.02. The molecule has 10 heteroatoms. The molecule has 0 bridgehead atoms. The topological polar surface area (TPSA) is 183 Å². The number of pyridine rings is 1. The Bertz CT molecular complexity index is 1460. The van der Waals surface area contributed by atoms with Crippen molar-refractivity contribution in [2.24, 2.45) is 23.5 Å².